The van der Waals surface area contributed by atoms with E-state index in [9.17, 15) is 24.6 Å². The number of carboxylic acids is 3. The Morgan fingerprint density at radius 1 is 0.583 bits per heavy atom. The van der Waals surface area contributed by atoms with E-state index in [1.807, 2.05) is 154 Å². The number of likely N-dealkylation sites (N-methyl/N-ethyl adjacent to an activating group) is 1. The molecule has 11 nitrogen and oxygen atoms in total. The van der Waals surface area contributed by atoms with Gasteiger partial charge >= 0.3 is 17.9 Å². The molecule has 0 fully saturated rings. The summed E-state index contributed by atoms with van der Waals surface area (Å²) in [5.74, 6) is 0.438. The van der Waals surface area contributed by atoms with Crippen LogP contribution >= 0.6 is 0 Å². The first-order valence-electron chi connectivity index (χ1n) is 21.5. The number of hydrogen-bond donors (Lipinski definition) is 4. The van der Waals surface area contributed by atoms with Crippen molar-refractivity contribution >= 4 is 17.9 Å². The van der Waals surface area contributed by atoms with Gasteiger partial charge in [-0.05, 0) is 154 Å². The van der Waals surface area contributed by atoms with Gasteiger partial charge in [-0.15, -0.1) is 0 Å². The van der Waals surface area contributed by atoms with Gasteiger partial charge in [0.2, 0.25) is 0 Å². The molecule has 3 aromatic rings. The maximum absolute atomic E-state index is 11.4. The van der Waals surface area contributed by atoms with E-state index in [4.69, 9.17) is 19.3 Å². The largest absolute Gasteiger partial charge is 0.491 e. The van der Waals surface area contributed by atoms with Crippen LogP contribution in [0.3, 0.4) is 0 Å². The van der Waals surface area contributed by atoms with Crippen LogP contribution in [0.4, 0.5) is 0 Å². The molecule has 0 amide bonds. The summed E-state index contributed by atoms with van der Waals surface area (Å²) in [6.07, 6.45) is 4.01. The maximum atomic E-state index is 11.4. The van der Waals surface area contributed by atoms with E-state index < -0.39 is 23.9 Å². The maximum Gasteiger partial charge on any atom is 0.321 e. The minimum absolute atomic E-state index is 0.0515. The Morgan fingerprint density at radius 3 is 1.30 bits per heavy atom. The zero-order valence-corrected chi connectivity index (χ0v) is 38.6. The van der Waals surface area contributed by atoms with E-state index in [-0.39, 0.29) is 48.8 Å². The van der Waals surface area contributed by atoms with Gasteiger partial charge in [-0.1, -0.05) is 64.1 Å². The lowest BCUT2D eigenvalue weighted by Crippen LogP contribution is -2.43. The van der Waals surface area contributed by atoms with E-state index in [0.717, 1.165) is 46.8 Å². The van der Waals surface area contributed by atoms with Crippen molar-refractivity contribution in [3.8, 4) is 17.2 Å². The van der Waals surface area contributed by atoms with Crippen LogP contribution in [0.2, 0.25) is 0 Å². The number of hydrogen-bond acceptors (Lipinski definition) is 8. The number of benzene rings is 3. The van der Waals surface area contributed by atoms with Crippen LogP contribution in [0.25, 0.3) is 0 Å². The Balaban J connectivity index is 0.000000450. The first-order valence-corrected chi connectivity index (χ1v) is 21.5. The van der Waals surface area contributed by atoms with Gasteiger partial charge in [0, 0.05) is 18.1 Å². The summed E-state index contributed by atoms with van der Waals surface area (Å²) in [6, 6.07) is 23.4. The van der Waals surface area contributed by atoms with Crippen molar-refractivity contribution in [2.75, 3.05) is 7.05 Å². The molecule has 0 aliphatic rings. The number of nitrogens with one attached hydrogen (secondary N) is 1. The average molecular weight is 837 g/mol. The normalized spacial score (nSPS) is 12.8. The number of aliphatic carboxylic acids is 3. The highest BCUT2D eigenvalue weighted by atomic mass is 16.5. The Bertz CT molecular complexity index is 1640. The molecule has 0 aliphatic carbocycles. The Hall–Kier alpha value is -4.61. The van der Waals surface area contributed by atoms with Crippen LogP contribution in [-0.2, 0) is 33.6 Å². The third-order valence-electron chi connectivity index (χ3n) is 9.26. The van der Waals surface area contributed by atoms with E-state index >= 15 is 0 Å². The number of rotatable bonds is 23. The van der Waals surface area contributed by atoms with Gasteiger partial charge in [-0.25, -0.2) is 0 Å². The molecule has 3 aromatic carbocycles. The summed E-state index contributed by atoms with van der Waals surface area (Å²) in [5.41, 5.74) is 3.28. The Labute approximate surface area is 360 Å². The third kappa shape index (κ3) is 23.8. The van der Waals surface area contributed by atoms with E-state index in [1.54, 1.807) is 0 Å². The smallest absolute Gasteiger partial charge is 0.321 e. The van der Waals surface area contributed by atoms with Crippen LogP contribution in [-0.4, -0.2) is 87.7 Å². The average Bonchev–Trinajstić information content (AvgIpc) is 3.13. The van der Waals surface area contributed by atoms with Gasteiger partial charge in [-0.3, -0.25) is 19.3 Å². The lowest BCUT2D eigenvalue weighted by Gasteiger charge is -2.28. The van der Waals surface area contributed by atoms with Gasteiger partial charge < -0.3 is 34.8 Å². The topological polar surface area (TPSA) is 155 Å². The quantitative estimate of drug-likeness (QED) is 0.0722. The Morgan fingerprint density at radius 2 is 0.983 bits per heavy atom. The molecular formula is C49H76N2O9. The molecule has 0 unspecified atom stereocenters. The lowest BCUT2D eigenvalue weighted by atomic mass is 9.91. The number of aryl methyl sites for hydroxylation is 1. The molecule has 3 atom stereocenters. The molecule has 0 aromatic heterocycles. The van der Waals surface area contributed by atoms with Gasteiger partial charge in [0.25, 0.3) is 0 Å². The molecule has 336 valence electrons. The first-order chi connectivity index (χ1) is 28.1. The minimum atomic E-state index is -0.788. The van der Waals surface area contributed by atoms with E-state index in [0.29, 0.717) is 25.2 Å². The minimum Gasteiger partial charge on any atom is -0.491 e. The van der Waals surface area contributed by atoms with Crippen molar-refractivity contribution in [3.63, 3.8) is 0 Å². The highest BCUT2D eigenvalue weighted by molar-refractivity contribution is 5.74. The molecule has 3 rings (SSSR count). The Kier molecular flexibility index (Phi) is 24.9. The third-order valence-corrected chi connectivity index (χ3v) is 9.26. The molecule has 0 saturated heterocycles. The summed E-state index contributed by atoms with van der Waals surface area (Å²) >= 11 is 0. The highest BCUT2D eigenvalue weighted by Gasteiger charge is 2.25. The molecule has 0 aliphatic heterocycles. The second kappa shape index (κ2) is 28.0. The fraction of sp³-hybridized carbons (Fsp3) is 0.571. The van der Waals surface area contributed by atoms with Crippen LogP contribution in [0.5, 0.6) is 17.2 Å². The monoisotopic (exact) mass is 837 g/mol. The summed E-state index contributed by atoms with van der Waals surface area (Å²) < 4.78 is 16.8. The van der Waals surface area contributed by atoms with Gasteiger partial charge in [0.1, 0.15) is 23.3 Å². The second-order valence-electron chi connectivity index (χ2n) is 17.3. The van der Waals surface area contributed by atoms with Crippen LogP contribution in [0, 0.1) is 11.8 Å². The standard InChI is InChI=1S/C17H26O3.2C16H25NO3/c1-12(2)11-15(17(18)19)8-5-14-6-9-16(10-7-14)20-13(3)4;1-11(2)17(5)15(16(18)19)10-13-6-8-14(9-7-13)20-12(3)4;1-11(2)17-14(10-16(18)19)9-13-5-7-15(8-6-13)20-12(3)4/h6-7,9-10,12-13,15H,5,8,11H2,1-4H3,(H,18,19);6-9,11-12,15H,10H2,1-5H3,(H,18,19);5-8,11-12,14,17H,9-10H2,1-4H3,(H,18,19)/t2*15-;14-/m000/s1. The molecule has 0 bridgehead atoms. The fourth-order valence-corrected chi connectivity index (χ4v) is 6.36. The lowest BCUT2D eigenvalue weighted by molar-refractivity contribution is -0.144. The SMILES string of the molecule is CC(C)C[C@H](CCc1ccc(OC(C)C)cc1)C(=O)O.CC(C)N[C@H](CC(=O)O)Cc1ccc(OC(C)C)cc1.CC(C)Oc1ccc(C[C@@H](C(=O)O)N(C)C(C)C)cc1. The molecule has 0 saturated carbocycles. The van der Waals surface area contributed by atoms with Crippen molar-refractivity contribution in [1.29, 1.82) is 0 Å². The molecular weight excluding hydrogens is 761 g/mol. The molecule has 4 N–H and O–H groups in total. The second-order valence-corrected chi connectivity index (χ2v) is 17.3. The zero-order chi connectivity index (χ0) is 45.5. The number of ether oxygens (including phenoxy) is 3. The molecule has 0 spiro atoms. The zero-order valence-electron chi connectivity index (χ0n) is 38.6. The predicted octanol–water partition coefficient (Wildman–Crippen LogP) is 9.82. The van der Waals surface area contributed by atoms with Crippen LogP contribution in [0.15, 0.2) is 72.8 Å². The number of carboxylic acid groups (broad SMARTS) is 3. The molecule has 0 radical (unpaired) electrons. The van der Waals surface area contributed by atoms with Crippen LogP contribution < -0.4 is 19.5 Å². The molecule has 11 heteroatoms. The summed E-state index contributed by atoms with van der Waals surface area (Å²) in [5, 5.41) is 30.8. The first kappa shape index (κ1) is 53.4. The molecule has 0 heterocycles. The summed E-state index contributed by atoms with van der Waals surface area (Å²) in [6.45, 7) is 24.1. The van der Waals surface area contributed by atoms with Gasteiger partial charge in [0.15, 0.2) is 0 Å². The number of nitrogens with zero attached hydrogens (tertiary/aromatic N) is 1. The van der Waals surface area contributed by atoms with Gasteiger partial charge in [-0.2, -0.15) is 0 Å². The number of carbonyl (C=O) groups is 3. The van der Waals surface area contributed by atoms with Crippen molar-refractivity contribution in [2.45, 2.75) is 164 Å². The summed E-state index contributed by atoms with van der Waals surface area (Å²) in [7, 11) is 1.85. The van der Waals surface area contributed by atoms with Crippen molar-refractivity contribution < 1.29 is 43.9 Å². The highest BCUT2D eigenvalue weighted by Crippen LogP contribution is 2.21. The fourth-order valence-electron chi connectivity index (χ4n) is 6.36. The van der Waals surface area contributed by atoms with Gasteiger partial charge in [0.05, 0.1) is 30.7 Å². The summed E-state index contributed by atoms with van der Waals surface area (Å²) in [4.78, 5) is 35.4. The van der Waals surface area contributed by atoms with Crippen LogP contribution in [0.1, 0.15) is 119 Å². The van der Waals surface area contributed by atoms with Crippen molar-refractivity contribution in [1.82, 2.24) is 10.2 Å². The van der Waals surface area contributed by atoms with E-state index in [1.165, 1.54) is 0 Å². The predicted molar refractivity (Wildman–Crippen MR) is 242 cm³/mol. The van der Waals surface area contributed by atoms with Crippen molar-refractivity contribution in [3.05, 3.63) is 89.5 Å². The van der Waals surface area contributed by atoms with Crippen molar-refractivity contribution in [2.24, 2.45) is 11.8 Å². The van der Waals surface area contributed by atoms with E-state index in [2.05, 4.69) is 19.2 Å². The molecule has 60 heavy (non-hydrogen) atoms.